The minimum absolute atomic E-state index is 0.205. The first-order chi connectivity index (χ1) is 12.5. The van der Waals surface area contributed by atoms with Crippen LogP contribution in [0.2, 0.25) is 0 Å². The van der Waals surface area contributed by atoms with E-state index in [1.807, 2.05) is 0 Å². The van der Waals surface area contributed by atoms with Crippen molar-refractivity contribution in [1.29, 1.82) is 0 Å². The Labute approximate surface area is 149 Å². The number of carbonyl (C=O) groups is 2. The molecule has 2 heterocycles. The van der Waals surface area contributed by atoms with Crippen molar-refractivity contribution >= 4 is 17.7 Å². The van der Waals surface area contributed by atoms with Gasteiger partial charge in [0, 0.05) is 11.6 Å². The number of nitrogens with one attached hydrogen (secondary N) is 1. The number of aromatic nitrogens is 2. The molecule has 3 rings (SSSR count). The first-order valence-electron chi connectivity index (χ1n) is 7.88. The van der Waals surface area contributed by atoms with E-state index in [0.717, 1.165) is 0 Å². The van der Waals surface area contributed by atoms with Gasteiger partial charge in [0.1, 0.15) is 17.1 Å². The molecule has 8 heteroatoms. The number of esters is 1. The number of amides is 1. The van der Waals surface area contributed by atoms with Gasteiger partial charge in [0.2, 0.25) is 6.10 Å². The molecule has 26 heavy (non-hydrogen) atoms. The van der Waals surface area contributed by atoms with Gasteiger partial charge in [0.05, 0.1) is 5.69 Å². The molecule has 3 aromatic rings. The van der Waals surface area contributed by atoms with Crippen molar-refractivity contribution in [3.63, 3.8) is 0 Å². The third kappa shape index (κ3) is 3.64. The summed E-state index contributed by atoms with van der Waals surface area (Å²) in [5.41, 5.74) is 1.12. The van der Waals surface area contributed by atoms with Crippen LogP contribution < -0.4 is 5.32 Å². The summed E-state index contributed by atoms with van der Waals surface area (Å²) in [6, 6.07) is 10.3. The number of rotatable bonds is 5. The number of carbonyl (C=O) groups excluding carboxylic acids is 2. The second-order valence-electron chi connectivity index (χ2n) is 5.71. The molecular formula is C18H17N3O5. The number of benzene rings is 1. The van der Waals surface area contributed by atoms with Crippen LogP contribution in [0.15, 0.2) is 45.4 Å². The van der Waals surface area contributed by atoms with Gasteiger partial charge in [-0.1, -0.05) is 40.6 Å². The number of hydrogen-bond acceptors (Lipinski definition) is 7. The molecule has 0 saturated carbocycles. The minimum atomic E-state index is -1.17. The van der Waals surface area contributed by atoms with Gasteiger partial charge in [-0.25, -0.2) is 4.79 Å². The summed E-state index contributed by atoms with van der Waals surface area (Å²) in [5, 5.41) is 10.0. The van der Waals surface area contributed by atoms with Crippen molar-refractivity contribution in [2.75, 3.05) is 5.32 Å². The molecule has 0 saturated heterocycles. The van der Waals surface area contributed by atoms with Gasteiger partial charge in [-0.05, 0) is 20.8 Å². The van der Waals surface area contributed by atoms with E-state index in [9.17, 15) is 9.59 Å². The van der Waals surface area contributed by atoms with Gasteiger partial charge in [-0.3, -0.25) is 4.79 Å². The molecule has 1 N–H and O–H groups in total. The van der Waals surface area contributed by atoms with E-state index in [1.54, 1.807) is 57.2 Å². The van der Waals surface area contributed by atoms with Crippen LogP contribution >= 0.6 is 0 Å². The lowest BCUT2D eigenvalue weighted by molar-refractivity contribution is -0.125. The molecule has 0 unspecified atom stereocenters. The zero-order valence-electron chi connectivity index (χ0n) is 14.5. The highest BCUT2D eigenvalue weighted by molar-refractivity contribution is 5.98. The van der Waals surface area contributed by atoms with Crippen LogP contribution in [-0.4, -0.2) is 22.2 Å². The van der Waals surface area contributed by atoms with Crippen molar-refractivity contribution in [1.82, 2.24) is 10.3 Å². The first-order valence-corrected chi connectivity index (χ1v) is 7.88. The minimum Gasteiger partial charge on any atom is -0.444 e. The van der Waals surface area contributed by atoms with Gasteiger partial charge in [0.25, 0.3) is 5.91 Å². The molecule has 1 aromatic carbocycles. The SMILES string of the molecule is Cc1cc(NC(=O)[C@H](OC(=O)c2c(C)noc2C)c2ccccc2)no1. The summed E-state index contributed by atoms with van der Waals surface area (Å²) in [5.74, 6) is -0.135. The van der Waals surface area contributed by atoms with Gasteiger partial charge in [-0.2, -0.15) is 0 Å². The monoisotopic (exact) mass is 355 g/mol. The van der Waals surface area contributed by atoms with Crippen LogP contribution in [0.25, 0.3) is 0 Å². The largest absolute Gasteiger partial charge is 0.444 e. The Bertz CT molecular complexity index is 910. The number of anilines is 1. The number of ether oxygens (including phenoxy) is 1. The lowest BCUT2D eigenvalue weighted by Gasteiger charge is -2.17. The smallest absolute Gasteiger partial charge is 0.344 e. The highest BCUT2D eigenvalue weighted by atomic mass is 16.6. The fraction of sp³-hybridized carbons (Fsp3) is 0.222. The molecule has 1 amide bonds. The molecule has 2 aromatic heterocycles. The van der Waals surface area contributed by atoms with Gasteiger partial charge in [0.15, 0.2) is 5.82 Å². The molecule has 1 atom stereocenters. The van der Waals surface area contributed by atoms with E-state index in [1.165, 1.54) is 0 Å². The summed E-state index contributed by atoms with van der Waals surface area (Å²) in [6.45, 7) is 4.93. The third-order valence-corrected chi connectivity index (χ3v) is 3.68. The maximum absolute atomic E-state index is 12.7. The number of hydrogen-bond donors (Lipinski definition) is 1. The van der Waals surface area contributed by atoms with E-state index in [4.69, 9.17) is 13.8 Å². The van der Waals surface area contributed by atoms with E-state index >= 15 is 0 Å². The average Bonchev–Trinajstić information content (AvgIpc) is 3.18. The summed E-state index contributed by atoms with van der Waals surface area (Å²) < 4.78 is 15.4. The fourth-order valence-corrected chi connectivity index (χ4v) is 2.46. The topological polar surface area (TPSA) is 107 Å². The van der Waals surface area contributed by atoms with Crippen LogP contribution in [0.1, 0.15) is 39.2 Å². The zero-order chi connectivity index (χ0) is 18.7. The molecule has 0 aliphatic rings. The second-order valence-corrected chi connectivity index (χ2v) is 5.71. The van der Waals surface area contributed by atoms with E-state index in [-0.39, 0.29) is 11.4 Å². The van der Waals surface area contributed by atoms with Crippen molar-refractivity contribution in [2.45, 2.75) is 26.9 Å². The fourth-order valence-electron chi connectivity index (χ4n) is 2.46. The molecule has 0 fully saturated rings. The van der Waals surface area contributed by atoms with Crippen LogP contribution in [0.4, 0.5) is 5.82 Å². The Morgan fingerprint density at radius 1 is 1.08 bits per heavy atom. The quantitative estimate of drug-likeness (QED) is 0.701. The molecule has 0 spiro atoms. The van der Waals surface area contributed by atoms with Crippen molar-refractivity contribution in [3.05, 3.63) is 64.7 Å². The summed E-state index contributed by atoms with van der Waals surface area (Å²) in [4.78, 5) is 25.2. The molecule has 8 nitrogen and oxygen atoms in total. The second kappa shape index (κ2) is 7.22. The average molecular weight is 355 g/mol. The van der Waals surface area contributed by atoms with E-state index in [2.05, 4.69) is 15.6 Å². The van der Waals surface area contributed by atoms with Gasteiger partial charge in [-0.15, -0.1) is 0 Å². The molecule has 0 aliphatic carbocycles. The Morgan fingerprint density at radius 3 is 2.38 bits per heavy atom. The van der Waals surface area contributed by atoms with Gasteiger partial charge >= 0.3 is 5.97 Å². The maximum Gasteiger partial charge on any atom is 0.344 e. The Kier molecular flexibility index (Phi) is 4.83. The summed E-state index contributed by atoms with van der Waals surface area (Å²) in [6.07, 6.45) is -1.17. The summed E-state index contributed by atoms with van der Waals surface area (Å²) >= 11 is 0. The Balaban J connectivity index is 1.86. The molecule has 0 aliphatic heterocycles. The molecule has 0 bridgehead atoms. The first kappa shape index (κ1) is 17.4. The van der Waals surface area contributed by atoms with Crippen LogP contribution in [0.3, 0.4) is 0 Å². The molecular weight excluding hydrogens is 338 g/mol. The van der Waals surface area contributed by atoms with Crippen LogP contribution in [-0.2, 0) is 9.53 Å². The van der Waals surface area contributed by atoms with Crippen molar-refractivity contribution in [3.8, 4) is 0 Å². The Hall–Kier alpha value is -3.42. The van der Waals surface area contributed by atoms with Crippen LogP contribution in [0, 0.1) is 20.8 Å². The zero-order valence-corrected chi connectivity index (χ0v) is 14.5. The summed E-state index contributed by atoms with van der Waals surface area (Å²) in [7, 11) is 0. The van der Waals surface area contributed by atoms with Crippen molar-refractivity contribution < 1.29 is 23.4 Å². The molecule has 134 valence electrons. The highest BCUT2D eigenvalue weighted by Crippen LogP contribution is 2.23. The Morgan fingerprint density at radius 2 is 1.81 bits per heavy atom. The molecule has 0 radical (unpaired) electrons. The lowest BCUT2D eigenvalue weighted by Crippen LogP contribution is -2.26. The van der Waals surface area contributed by atoms with E-state index in [0.29, 0.717) is 22.8 Å². The van der Waals surface area contributed by atoms with Crippen LogP contribution in [0.5, 0.6) is 0 Å². The number of aryl methyl sites for hydroxylation is 3. The maximum atomic E-state index is 12.7. The van der Waals surface area contributed by atoms with Gasteiger partial charge < -0.3 is 19.1 Å². The lowest BCUT2D eigenvalue weighted by atomic mass is 10.1. The normalized spacial score (nSPS) is 11.8. The number of nitrogens with zero attached hydrogens (tertiary/aromatic N) is 2. The van der Waals surface area contributed by atoms with E-state index < -0.39 is 18.0 Å². The van der Waals surface area contributed by atoms with Crippen molar-refractivity contribution in [2.24, 2.45) is 0 Å². The predicted octanol–water partition coefficient (Wildman–Crippen LogP) is 3.12. The third-order valence-electron chi connectivity index (χ3n) is 3.68. The predicted molar refractivity (Wildman–Crippen MR) is 90.4 cm³/mol. The standard InChI is InChI=1S/C18H17N3O5/c1-10-9-14(21-25-10)19-17(22)16(13-7-5-4-6-8-13)24-18(23)15-11(2)20-26-12(15)3/h4-9,16H,1-3H3,(H,19,21,22)/t16-/m1/s1. The highest BCUT2D eigenvalue weighted by Gasteiger charge is 2.29.